The van der Waals surface area contributed by atoms with Gasteiger partial charge in [-0.25, -0.2) is 9.18 Å². The van der Waals surface area contributed by atoms with Crippen molar-refractivity contribution in [2.24, 2.45) is 5.73 Å². The van der Waals surface area contributed by atoms with Gasteiger partial charge >= 0.3 is 6.03 Å². The minimum Gasteiger partial charge on any atom is -0.354 e. The van der Waals surface area contributed by atoms with E-state index in [9.17, 15) is 14.0 Å². The van der Waals surface area contributed by atoms with Gasteiger partial charge in [-0.3, -0.25) is 4.79 Å². The van der Waals surface area contributed by atoms with Crippen molar-refractivity contribution >= 4 is 29.4 Å². The van der Waals surface area contributed by atoms with E-state index in [-0.39, 0.29) is 36.0 Å². The zero-order chi connectivity index (χ0) is 26.3. The predicted molar refractivity (Wildman–Crippen MR) is 138 cm³/mol. The van der Waals surface area contributed by atoms with Gasteiger partial charge in [-0.05, 0) is 38.3 Å². The number of carbonyl (C=O) groups excluding carboxylic acids is 2. The number of nitrogens with one attached hydrogen (secondary N) is 2. The summed E-state index contributed by atoms with van der Waals surface area (Å²) in [6.45, 7) is 3.78. The summed E-state index contributed by atoms with van der Waals surface area (Å²) in [4.78, 5) is 26.9. The lowest BCUT2D eigenvalue weighted by molar-refractivity contribution is -0.116. The van der Waals surface area contributed by atoms with Gasteiger partial charge in [-0.2, -0.15) is 0 Å². The first-order valence-corrected chi connectivity index (χ1v) is 12.0. The SMILES string of the molecule is CN(C(=O)NCc1cccc(F)c1Cl)C(CCC(=O)Nc1cc(-c2ccccc2)on1)CC(C)(C)N. The number of carbonyl (C=O) groups is 2. The average Bonchev–Trinajstić information content (AvgIpc) is 3.30. The number of hydrogen-bond acceptors (Lipinski definition) is 5. The van der Waals surface area contributed by atoms with Crippen LogP contribution in [0, 0.1) is 5.82 Å². The van der Waals surface area contributed by atoms with E-state index in [1.165, 1.54) is 17.0 Å². The molecule has 1 aromatic heterocycles. The fourth-order valence-electron chi connectivity index (χ4n) is 3.76. The Morgan fingerprint density at radius 2 is 1.92 bits per heavy atom. The predicted octanol–water partition coefficient (Wildman–Crippen LogP) is 5.19. The Morgan fingerprint density at radius 3 is 2.61 bits per heavy atom. The van der Waals surface area contributed by atoms with Crippen LogP contribution < -0.4 is 16.4 Å². The lowest BCUT2D eigenvalue weighted by Gasteiger charge is -2.33. The van der Waals surface area contributed by atoms with Crippen LogP contribution in [0.1, 0.15) is 38.7 Å². The molecule has 0 radical (unpaired) electrons. The molecule has 4 N–H and O–H groups in total. The lowest BCUT2D eigenvalue weighted by atomic mass is 9.93. The zero-order valence-corrected chi connectivity index (χ0v) is 21.3. The van der Waals surface area contributed by atoms with Crippen molar-refractivity contribution in [3.05, 3.63) is 71.0 Å². The Bertz CT molecular complexity index is 1180. The summed E-state index contributed by atoms with van der Waals surface area (Å²) in [6.07, 6.45) is 0.981. The summed E-state index contributed by atoms with van der Waals surface area (Å²) in [5, 5.41) is 9.37. The first kappa shape index (κ1) is 27.2. The number of halogens is 2. The quantitative estimate of drug-likeness (QED) is 0.344. The third-order valence-corrected chi connectivity index (χ3v) is 6.06. The highest BCUT2D eigenvalue weighted by Gasteiger charge is 2.26. The van der Waals surface area contributed by atoms with Crippen molar-refractivity contribution < 1.29 is 18.5 Å². The highest BCUT2D eigenvalue weighted by Crippen LogP contribution is 2.23. The van der Waals surface area contributed by atoms with Crippen molar-refractivity contribution in [2.75, 3.05) is 12.4 Å². The van der Waals surface area contributed by atoms with Crippen LogP contribution in [0.3, 0.4) is 0 Å². The van der Waals surface area contributed by atoms with Crippen molar-refractivity contribution in [2.45, 2.75) is 51.2 Å². The topological polar surface area (TPSA) is 113 Å². The molecule has 192 valence electrons. The van der Waals surface area contributed by atoms with E-state index in [0.29, 0.717) is 30.0 Å². The van der Waals surface area contributed by atoms with Gasteiger partial charge < -0.3 is 25.8 Å². The molecular formula is C26H31ClFN5O3. The van der Waals surface area contributed by atoms with Crippen molar-refractivity contribution in [1.29, 1.82) is 0 Å². The number of aromatic nitrogens is 1. The monoisotopic (exact) mass is 515 g/mol. The fraction of sp³-hybridized carbons (Fsp3) is 0.346. The van der Waals surface area contributed by atoms with Gasteiger partial charge in [-0.1, -0.05) is 59.2 Å². The Hall–Kier alpha value is -3.43. The van der Waals surface area contributed by atoms with E-state index >= 15 is 0 Å². The molecule has 3 amide bonds. The van der Waals surface area contributed by atoms with Crippen molar-refractivity contribution in [3.8, 4) is 11.3 Å². The number of hydrogen-bond donors (Lipinski definition) is 3. The first-order valence-electron chi connectivity index (χ1n) is 11.6. The summed E-state index contributed by atoms with van der Waals surface area (Å²) in [5.41, 5.74) is 6.97. The molecule has 2 aromatic carbocycles. The van der Waals surface area contributed by atoms with E-state index in [1.807, 2.05) is 44.2 Å². The molecule has 3 aromatic rings. The largest absolute Gasteiger partial charge is 0.354 e. The van der Waals surface area contributed by atoms with Gasteiger partial charge in [-0.15, -0.1) is 0 Å². The second-order valence-electron chi connectivity index (χ2n) is 9.36. The Kier molecular flexibility index (Phi) is 9.06. The number of nitrogens with two attached hydrogens (primary N) is 1. The highest BCUT2D eigenvalue weighted by atomic mass is 35.5. The van der Waals surface area contributed by atoms with Gasteiger partial charge in [0.05, 0.1) is 5.02 Å². The van der Waals surface area contributed by atoms with Gasteiger partial charge in [0.15, 0.2) is 11.6 Å². The van der Waals surface area contributed by atoms with Crippen molar-refractivity contribution in [3.63, 3.8) is 0 Å². The summed E-state index contributed by atoms with van der Waals surface area (Å²) >= 11 is 5.98. The molecule has 1 heterocycles. The van der Waals surface area contributed by atoms with E-state index < -0.39 is 11.4 Å². The van der Waals surface area contributed by atoms with Crippen LogP contribution in [-0.4, -0.2) is 40.6 Å². The molecule has 0 aliphatic rings. The van der Waals surface area contributed by atoms with Gasteiger partial charge in [0.2, 0.25) is 5.91 Å². The summed E-state index contributed by atoms with van der Waals surface area (Å²) < 4.78 is 19.0. The number of anilines is 1. The second kappa shape index (κ2) is 12.0. The minimum absolute atomic E-state index is 0.0277. The number of nitrogens with zero attached hydrogens (tertiary/aromatic N) is 2. The normalized spacial score (nSPS) is 12.2. The van der Waals surface area contributed by atoms with Crippen LogP contribution >= 0.6 is 11.6 Å². The van der Waals surface area contributed by atoms with Crippen LogP contribution in [-0.2, 0) is 11.3 Å². The van der Waals surface area contributed by atoms with Gasteiger partial charge in [0.25, 0.3) is 0 Å². The summed E-state index contributed by atoms with van der Waals surface area (Å²) in [5.74, 6) is 0.0488. The molecule has 36 heavy (non-hydrogen) atoms. The first-order chi connectivity index (χ1) is 17.0. The van der Waals surface area contributed by atoms with Crippen LogP contribution in [0.4, 0.5) is 15.0 Å². The Labute approximate surface area is 215 Å². The van der Waals surface area contributed by atoms with Crippen LogP contribution in [0.2, 0.25) is 5.02 Å². The summed E-state index contributed by atoms with van der Waals surface area (Å²) in [6, 6.07) is 14.8. The third-order valence-electron chi connectivity index (χ3n) is 5.63. The van der Waals surface area contributed by atoms with Crippen LogP contribution in [0.5, 0.6) is 0 Å². The van der Waals surface area contributed by atoms with Crippen LogP contribution in [0.15, 0.2) is 59.1 Å². The number of rotatable bonds is 10. The molecule has 0 spiro atoms. The lowest BCUT2D eigenvalue weighted by Crippen LogP contribution is -2.48. The zero-order valence-electron chi connectivity index (χ0n) is 20.6. The smallest absolute Gasteiger partial charge is 0.317 e. The molecule has 1 atom stereocenters. The van der Waals surface area contributed by atoms with E-state index in [4.69, 9.17) is 21.9 Å². The maximum absolute atomic E-state index is 13.7. The maximum Gasteiger partial charge on any atom is 0.317 e. The molecule has 0 aliphatic heterocycles. The molecular weight excluding hydrogens is 485 g/mol. The maximum atomic E-state index is 13.7. The molecule has 0 aliphatic carbocycles. The standard InChI is InChI=1S/C26H31ClFN5O3/c1-26(2,29)15-19(33(3)25(35)30-16-18-10-7-11-20(28)24(18)27)12-13-23(34)31-22-14-21(36-32-22)17-8-5-4-6-9-17/h4-11,14,19H,12-13,15-16,29H2,1-3H3,(H,30,35)(H,31,32,34). The molecule has 0 saturated carbocycles. The number of urea groups is 1. The number of benzene rings is 2. The molecule has 0 fully saturated rings. The molecule has 1 unspecified atom stereocenters. The van der Waals surface area contributed by atoms with E-state index in [2.05, 4.69) is 15.8 Å². The molecule has 10 heteroatoms. The second-order valence-corrected chi connectivity index (χ2v) is 9.74. The van der Waals surface area contributed by atoms with Crippen LogP contribution in [0.25, 0.3) is 11.3 Å². The molecule has 8 nitrogen and oxygen atoms in total. The Morgan fingerprint density at radius 1 is 1.19 bits per heavy atom. The van der Waals surface area contributed by atoms with Gasteiger partial charge in [0.1, 0.15) is 5.82 Å². The van der Waals surface area contributed by atoms with Gasteiger partial charge in [0, 0.05) is 43.2 Å². The molecule has 3 rings (SSSR count). The van der Waals surface area contributed by atoms with Crippen molar-refractivity contribution in [1.82, 2.24) is 15.4 Å². The van der Waals surface area contributed by atoms with E-state index in [1.54, 1.807) is 19.2 Å². The highest BCUT2D eigenvalue weighted by molar-refractivity contribution is 6.31. The Balaban J connectivity index is 1.58. The summed E-state index contributed by atoms with van der Waals surface area (Å²) in [7, 11) is 1.64. The number of amides is 3. The average molecular weight is 516 g/mol. The third kappa shape index (κ3) is 7.79. The fourth-order valence-corrected chi connectivity index (χ4v) is 3.95. The molecule has 0 saturated heterocycles. The van der Waals surface area contributed by atoms with E-state index in [0.717, 1.165) is 5.56 Å². The molecule has 0 bridgehead atoms. The minimum atomic E-state index is -0.571.